The summed E-state index contributed by atoms with van der Waals surface area (Å²) in [6.45, 7) is 4.92. The third-order valence-corrected chi connectivity index (χ3v) is 5.47. The molecule has 0 saturated heterocycles. The molecule has 0 atom stereocenters. The van der Waals surface area contributed by atoms with E-state index in [1.165, 1.54) is 18.5 Å². The molecule has 0 aliphatic carbocycles. The van der Waals surface area contributed by atoms with Crippen LogP contribution in [0.4, 0.5) is 0 Å². The number of hydrogen-bond donors (Lipinski definition) is 1. The zero-order chi connectivity index (χ0) is 18.9. The van der Waals surface area contributed by atoms with Crippen molar-refractivity contribution in [3.8, 4) is 11.5 Å². The molecule has 0 radical (unpaired) electrons. The van der Waals surface area contributed by atoms with E-state index in [0.717, 1.165) is 12.8 Å². The topological polar surface area (TPSA) is 84.9 Å². The van der Waals surface area contributed by atoms with Crippen molar-refractivity contribution in [2.45, 2.75) is 26.7 Å². The maximum Gasteiger partial charge on any atom is 0.251 e. The van der Waals surface area contributed by atoms with E-state index in [-0.39, 0.29) is 18.2 Å². The number of ether oxygens (including phenoxy) is 2. The first-order valence-electron chi connectivity index (χ1n) is 8.37. The summed E-state index contributed by atoms with van der Waals surface area (Å²) in [5.41, 5.74) is 0.354. The minimum absolute atomic E-state index is 0.0463. The highest BCUT2D eigenvalue weighted by Gasteiger charge is 2.20. The minimum Gasteiger partial charge on any atom is -0.497 e. The summed E-state index contributed by atoms with van der Waals surface area (Å²) in [5.74, 6) is 0.494. The Bertz CT molecular complexity index is 633. The maximum atomic E-state index is 12.4. The Kier molecular flexibility index (Phi) is 8.71. The molecule has 0 aromatic heterocycles. The molecule has 25 heavy (non-hydrogen) atoms. The number of sulfonamides is 1. The van der Waals surface area contributed by atoms with Crippen molar-refractivity contribution in [1.82, 2.24) is 9.62 Å². The van der Waals surface area contributed by atoms with Gasteiger partial charge < -0.3 is 14.8 Å². The Hall–Kier alpha value is -1.80. The molecule has 0 aliphatic rings. The van der Waals surface area contributed by atoms with Gasteiger partial charge in [-0.25, -0.2) is 12.7 Å². The van der Waals surface area contributed by atoms with E-state index >= 15 is 0 Å². The molecule has 142 valence electrons. The molecular formula is C17H28N2O5S. The summed E-state index contributed by atoms with van der Waals surface area (Å²) in [5, 5.41) is 2.64. The summed E-state index contributed by atoms with van der Waals surface area (Å²) in [6.07, 6.45) is 1.52. The summed E-state index contributed by atoms with van der Waals surface area (Å²) in [7, 11) is -0.383. The molecule has 0 aliphatic heterocycles. The average Bonchev–Trinajstić information content (AvgIpc) is 2.60. The molecule has 1 rings (SSSR count). The van der Waals surface area contributed by atoms with Crippen LogP contribution in [0.15, 0.2) is 18.2 Å². The molecule has 0 saturated carbocycles. The highest BCUT2D eigenvalue weighted by Crippen LogP contribution is 2.22. The number of methoxy groups -OCH3 is 2. The predicted molar refractivity (Wildman–Crippen MR) is 97.8 cm³/mol. The van der Waals surface area contributed by atoms with Crippen molar-refractivity contribution in [3.63, 3.8) is 0 Å². The van der Waals surface area contributed by atoms with Crippen LogP contribution < -0.4 is 14.8 Å². The fourth-order valence-corrected chi connectivity index (χ4v) is 3.89. The van der Waals surface area contributed by atoms with Crippen LogP contribution in [0.3, 0.4) is 0 Å². The Morgan fingerprint density at radius 2 is 1.56 bits per heavy atom. The van der Waals surface area contributed by atoms with Gasteiger partial charge in [0.15, 0.2) is 0 Å². The Morgan fingerprint density at radius 1 is 1.04 bits per heavy atom. The lowest BCUT2D eigenvalue weighted by Crippen LogP contribution is -2.38. The molecule has 1 N–H and O–H groups in total. The number of benzene rings is 1. The zero-order valence-electron chi connectivity index (χ0n) is 15.4. The van der Waals surface area contributed by atoms with E-state index in [4.69, 9.17) is 9.47 Å². The predicted octanol–water partition coefficient (Wildman–Crippen LogP) is 1.89. The second-order valence-corrected chi connectivity index (χ2v) is 7.66. The van der Waals surface area contributed by atoms with Crippen LogP contribution in [0.5, 0.6) is 11.5 Å². The van der Waals surface area contributed by atoms with E-state index in [2.05, 4.69) is 5.32 Å². The molecular weight excluding hydrogens is 344 g/mol. The second kappa shape index (κ2) is 10.2. The van der Waals surface area contributed by atoms with Gasteiger partial charge in [0.25, 0.3) is 5.91 Å². The van der Waals surface area contributed by atoms with Gasteiger partial charge in [-0.2, -0.15) is 0 Å². The largest absolute Gasteiger partial charge is 0.497 e. The number of nitrogens with zero attached hydrogens (tertiary/aromatic N) is 1. The van der Waals surface area contributed by atoms with Crippen molar-refractivity contribution < 1.29 is 22.7 Å². The molecule has 0 unspecified atom stereocenters. The Labute approximate surface area is 150 Å². The standard InChI is InChI=1S/C17H28N2O5S/c1-5-8-19(9-6-2)25(21,22)10-7-18-17(20)14-11-15(23-3)13-16(12-14)24-4/h11-13H,5-10H2,1-4H3,(H,18,20). The normalized spacial score (nSPS) is 11.4. The lowest BCUT2D eigenvalue weighted by atomic mass is 10.2. The first-order valence-corrected chi connectivity index (χ1v) is 9.97. The quantitative estimate of drug-likeness (QED) is 0.641. The van der Waals surface area contributed by atoms with Crippen LogP contribution >= 0.6 is 0 Å². The SMILES string of the molecule is CCCN(CCC)S(=O)(=O)CCNC(=O)c1cc(OC)cc(OC)c1. The van der Waals surface area contributed by atoms with Gasteiger partial charge in [-0.3, -0.25) is 4.79 Å². The number of hydrogen-bond acceptors (Lipinski definition) is 5. The minimum atomic E-state index is -3.38. The van der Waals surface area contributed by atoms with E-state index < -0.39 is 10.0 Å². The highest BCUT2D eigenvalue weighted by atomic mass is 32.2. The van der Waals surface area contributed by atoms with Crippen LogP contribution in [0.25, 0.3) is 0 Å². The van der Waals surface area contributed by atoms with Gasteiger partial charge in [0.1, 0.15) is 11.5 Å². The van der Waals surface area contributed by atoms with Gasteiger partial charge in [0.05, 0.1) is 20.0 Å². The number of rotatable bonds is 11. The number of carbonyl (C=O) groups is 1. The first-order chi connectivity index (χ1) is 11.9. The average molecular weight is 372 g/mol. The molecule has 0 heterocycles. The fourth-order valence-electron chi connectivity index (χ4n) is 2.35. The third-order valence-electron chi connectivity index (χ3n) is 3.60. The summed E-state index contributed by atoms with van der Waals surface area (Å²) >= 11 is 0. The fraction of sp³-hybridized carbons (Fsp3) is 0.588. The van der Waals surface area contributed by atoms with E-state index in [9.17, 15) is 13.2 Å². The number of nitrogens with one attached hydrogen (secondary N) is 1. The molecule has 8 heteroatoms. The second-order valence-electron chi connectivity index (χ2n) is 5.57. The van der Waals surface area contributed by atoms with Gasteiger partial charge in [-0.1, -0.05) is 13.8 Å². The highest BCUT2D eigenvalue weighted by molar-refractivity contribution is 7.89. The first kappa shape index (κ1) is 21.2. The third kappa shape index (κ3) is 6.55. The van der Waals surface area contributed by atoms with Crippen LogP contribution in [0, 0.1) is 0 Å². The van der Waals surface area contributed by atoms with Crippen LogP contribution in [-0.4, -0.2) is 58.2 Å². The van der Waals surface area contributed by atoms with Crippen molar-refractivity contribution in [2.24, 2.45) is 0 Å². The number of carbonyl (C=O) groups excluding carboxylic acids is 1. The number of amides is 1. The molecule has 7 nitrogen and oxygen atoms in total. The van der Waals surface area contributed by atoms with Gasteiger partial charge >= 0.3 is 0 Å². The summed E-state index contributed by atoms with van der Waals surface area (Å²) in [6, 6.07) is 4.81. The van der Waals surface area contributed by atoms with Crippen LogP contribution in [0.1, 0.15) is 37.0 Å². The lowest BCUT2D eigenvalue weighted by molar-refractivity contribution is 0.0955. The molecule has 0 bridgehead atoms. The molecule has 0 spiro atoms. The van der Waals surface area contributed by atoms with Crippen molar-refractivity contribution in [2.75, 3.05) is 39.6 Å². The van der Waals surface area contributed by atoms with Gasteiger partial charge in [0, 0.05) is 31.3 Å². The Morgan fingerprint density at radius 3 is 2.00 bits per heavy atom. The van der Waals surface area contributed by atoms with Gasteiger partial charge in [-0.05, 0) is 25.0 Å². The van der Waals surface area contributed by atoms with Crippen LogP contribution in [0.2, 0.25) is 0 Å². The maximum absolute atomic E-state index is 12.4. The van der Waals surface area contributed by atoms with E-state index in [1.54, 1.807) is 18.2 Å². The molecule has 1 aromatic carbocycles. The molecule has 1 amide bonds. The van der Waals surface area contributed by atoms with Gasteiger partial charge in [-0.15, -0.1) is 0 Å². The summed E-state index contributed by atoms with van der Waals surface area (Å²) in [4.78, 5) is 12.3. The molecule has 1 aromatic rings. The monoisotopic (exact) mass is 372 g/mol. The van der Waals surface area contributed by atoms with Gasteiger partial charge in [0.2, 0.25) is 10.0 Å². The van der Waals surface area contributed by atoms with Crippen molar-refractivity contribution in [3.05, 3.63) is 23.8 Å². The van der Waals surface area contributed by atoms with Crippen molar-refractivity contribution in [1.29, 1.82) is 0 Å². The van der Waals surface area contributed by atoms with E-state index in [1.807, 2.05) is 13.8 Å². The lowest BCUT2D eigenvalue weighted by Gasteiger charge is -2.21. The Balaban J connectivity index is 2.70. The van der Waals surface area contributed by atoms with Crippen LogP contribution in [-0.2, 0) is 10.0 Å². The van der Waals surface area contributed by atoms with E-state index in [0.29, 0.717) is 30.2 Å². The smallest absolute Gasteiger partial charge is 0.251 e. The van der Waals surface area contributed by atoms with Crippen molar-refractivity contribution >= 4 is 15.9 Å². The molecule has 0 fully saturated rings. The zero-order valence-corrected chi connectivity index (χ0v) is 16.2. The summed E-state index contributed by atoms with van der Waals surface area (Å²) < 4.78 is 36.5.